The maximum absolute atomic E-state index is 14.1. The second-order valence-corrected chi connectivity index (χ2v) is 9.98. The van der Waals surface area contributed by atoms with Gasteiger partial charge in [-0.3, -0.25) is 19.2 Å². The Hall–Kier alpha value is -4.21. The van der Waals surface area contributed by atoms with Gasteiger partial charge in [0.1, 0.15) is 12.1 Å². The van der Waals surface area contributed by atoms with Gasteiger partial charge in [0.25, 0.3) is 5.56 Å². The molecule has 3 heterocycles. The highest BCUT2D eigenvalue weighted by atomic mass is 16.4. The minimum Gasteiger partial charge on any atom is -0.481 e. The van der Waals surface area contributed by atoms with E-state index in [0.717, 1.165) is 10.1 Å². The third-order valence-corrected chi connectivity index (χ3v) is 7.68. The van der Waals surface area contributed by atoms with E-state index in [0.29, 0.717) is 56.2 Å². The Morgan fingerprint density at radius 2 is 1.61 bits per heavy atom. The molecule has 2 aliphatic rings. The lowest BCUT2D eigenvalue weighted by atomic mass is 9.96. The van der Waals surface area contributed by atoms with E-state index in [2.05, 4.69) is 4.98 Å². The van der Waals surface area contributed by atoms with E-state index in [-0.39, 0.29) is 12.3 Å². The first-order chi connectivity index (χ1) is 18.3. The number of para-hydroxylation sites is 1. The molecule has 0 saturated carbocycles. The van der Waals surface area contributed by atoms with Crippen LogP contribution in [0.15, 0.2) is 64.2 Å². The van der Waals surface area contributed by atoms with Gasteiger partial charge in [0.15, 0.2) is 0 Å². The fraction of sp³-hybridized carbons (Fsp3) is 0.393. The number of aliphatic carboxylic acids is 1. The maximum Gasteiger partial charge on any atom is 0.329 e. The molecule has 0 spiro atoms. The summed E-state index contributed by atoms with van der Waals surface area (Å²) >= 11 is 0. The minimum absolute atomic E-state index is 0.114. The molecule has 0 aliphatic carbocycles. The van der Waals surface area contributed by atoms with E-state index in [4.69, 9.17) is 0 Å². The molecule has 2 saturated heterocycles. The molecule has 2 N–H and O–H groups in total. The molecule has 2 aromatic carbocycles. The number of amides is 2. The first-order valence-electron chi connectivity index (χ1n) is 12.9. The Labute approximate surface area is 218 Å². The molecule has 0 bridgehead atoms. The van der Waals surface area contributed by atoms with Gasteiger partial charge >= 0.3 is 11.7 Å². The molecule has 10 nitrogen and oxygen atoms in total. The molecule has 2 amide bonds. The van der Waals surface area contributed by atoms with Crippen LogP contribution in [-0.4, -0.2) is 67.9 Å². The average molecular weight is 519 g/mol. The minimum atomic E-state index is -1.13. The number of nitrogens with one attached hydrogen (secondary N) is 1. The lowest BCUT2D eigenvalue weighted by molar-refractivity contribution is -0.149. The first kappa shape index (κ1) is 25.4. The highest BCUT2D eigenvalue weighted by Gasteiger charge is 2.41. The summed E-state index contributed by atoms with van der Waals surface area (Å²) in [7, 11) is 0. The number of carboxylic acid groups (broad SMARTS) is 1. The SMILES string of the molecule is O=C(O)C1CCN(C(=O)C2CCCN2C(=O)C(Cc2ccccc2)n2c(=O)[nH]c3ccccc3c2=O)CC1. The smallest absolute Gasteiger partial charge is 0.329 e. The third-order valence-electron chi connectivity index (χ3n) is 7.68. The monoisotopic (exact) mass is 518 g/mol. The molecule has 38 heavy (non-hydrogen) atoms. The second kappa shape index (κ2) is 10.6. The van der Waals surface area contributed by atoms with Crippen molar-refractivity contribution >= 4 is 28.7 Å². The van der Waals surface area contributed by atoms with E-state index in [9.17, 15) is 29.1 Å². The van der Waals surface area contributed by atoms with Crippen LogP contribution in [0.2, 0.25) is 0 Å². The largest absolute Gasteiger partial charge is 0.481 e. The summed E-state index contributed by atoms with van der Waals surface area (Å²) in [6.07, 6.45) is 1.96. The molecule has 3 aromatic rings. The number of piperidine rings is 1. The van der Waals surface area contributed by atoms with E-state index >= 15 is 0 Å². The molecule has 0 radical (unpaired) electrons. The van der Waals surface area contributed by atoms with Crippen molar-refractivity contribution in [2.75, 3.05) is 19.6 Å². The number of hydrogen-bond acceptors (Lipinski definition) is 5. The molecule has 2 fully saturated rings. The number of rotatable bonds is 6. The van der Waals surface area contributed by atoms with Gasteiger partial charge < -0.3 is 19.9 Å². The Morgan fingerprint density at radius 3 is 2.32 bits per heavy atom. The number of nitrogens with zero attached hydrogens (tertiary/aromatic N) is 3. The zero-order chi connectivity index (χ0) is 26.8. The summed E-state index contributed by atoms with van der Waals surface area (Å²) in [5, 5.41) is 9.58. The molecule has 10 heteroatoms. The van der Waals surface area contributed by atoms with Gasteiger partial charge in [-0.15, -0.1) is 0 Å². The Balaban J connectivity index is 1.48. The number of hydrogen-bond donors (Lipinski definition) is 2. The van der Waals surface area contributed by atoms with Crippen molar-refractivity contribution in [3.8, 4) is 0 Å². The molecule has 2 aliphatic heterocycles. The summed E-state index contributed by atoms with van der Waals surface area (Å²) < 4.78 is 0.982. The van der Waals surface area contributed by atoms with Crippen molar-refractivity contribution in [3.63, 3.8) is 0 Å². The molecule has 2 unspecified atom stereocenters. The molecule has 5 rings (SSSR count). The van der Waals surface area contributed by atoms with Crippen LogP contribution in [0.3, 0.4) is 0 Å². The van der Waals surface area contributed by atoms with Crippen LogP contribution < -0.4 is 11.2 Å². The molecular formula is C28H30N4O6. The first-order valence-corrected chi connectivity index (χ1v) is 12.9. The lowest BCUT2D eigenvalue weighted by Crippen LogP contribution is -2.53. The van der Waals surface area contributed by atoms with Gasteiger partial charge in [0, 0.05) is 26.1 Å². The number of carbonyl (C=O) groups excluding carboxylic acids is 2. The van der Waals surface area contributed by atoms with Gasteiger partial charge in [-0.2, -0.15) is 0 Å². The third kappa shape index (κ3) is 4.85. The number of likely N-dealkylation sites (tertiary alicyclic amines) is 2. The maximum atomic E-state index is 14.1. The van der Waals surface area contributed by atoms with Crippen molar-refractivity contribution in [2.24, 2.45) is 5.92 Å². The summed E-state index contributed by atoms with van der Waals surface area (Å²) in [6.45, 7) is 0.990. The van der Waals surface area contributed by atoms with Crippen LogP contribution in [0.25, 0.3) is 10.9 Å². The number of H-pyrrole nitrogens is 1. The van der Waals surface area contributed by atoms with Gasteiger partial charge in [0.05, 0.1) is 16.8 Å². The summed E-state index contributed by atoms with van der Waals surface area (Å²) in [5.74, 6) is -1.99. The van der Waals surface area contributed by atoms with Gasteiger partial charge in [-0.25, -0.2) is 9.36 Å². The zero-order valence-electron chi connectivity index (χ0n) is 20.9. The topological polar surface area (TPSA) is 133 Å². The number of carboxylic acids is 1. The molecule has 2 atom stereocenters. The van der Waals surface area contributed by atoms with Crippen LogP contribution in [-0.2, 0) is 20.8 Å². The van der Waals surface area contributed by atoms with Crippen LogP contribution in [0.4, 0.5) is 0 Å². The standard InChI is InChI=1S/C28H30N4O6/c33-24-20-9-4-5-10-21(20)29-28(38)32(24)23(17-18-7-2-1-3-8-18)26(35)31-14-6-11-22(31)25(34)30-15-12-19(13-16-30)27(36)37/h1-5,7-10,19,22-23H,6,11-17H2,(H,29,38)(H,36,37). The van der Waals surface area contributed by atoms with E-state index in [1.807, 2.05) is 30.3 Å². The second-order valence-electron chi connectivity index (χ2n) is 9.98. The summed E-state index contributed by atoms with van der Waals surface area (Å²) in [5.41, 5.74) is -0.0657. The number of aromatic amines is 1. The highest BCUT2D eigenvalue weighted by molar-refractivity contribution is 5.90. The van der Waals surface area contributed by atoms with Crippen molar-refractivity contribution < 1.29 is 19.5 Å². The number of carbonyl (C=O) groups is 3. The highest BCUT2D eigenvalue weighted by Crippen LogP contribution is 2.27. The Kier molecular flexibility index (Phi) is 7.13. The summed E-state index contributed by atoms with van der Waals surface area (Å²) in [4.78, 5) is 71.4. The van der Waals surface area contributed by atoms with Gasteiger partial charge in [-0.1, -0.05) is 42.5 Å². The Bertz CT molecular complexity index is 1470. The van der Waals surface area contributed by atoms with Crippen LogP contribution in [0.1, 0.15) is 37.3 Å². The van der Waals surface area contributed by atoms with Crippen molar-refractivity contribution in [3.05, 3.63) is 81.0 Å². The molecular weight excluding hydrogens is 488 g/mol. The van der Waals surface area contributed by atoms with Crippen LogP contribution in [0, 0.1) is 5.92 Å². The van der Waals surface area contributed by atoms with Crippen LogP contribution in [0.5, 0.6) is 0 Å². The van der Waals surface area contributed by atoms with E-state index in [1.165, 1.54) is 4.90 Å². The number of benzene rings is 2. The number of aromatic nitrogens is 2. The quantitative estimate of drug-likeness (QED) is 0.511. The predicted molar refractivity (Wildman–Crippen MR) is 140 cm³/mol. The van der Waals surface area contributed by atoms with Crippen molar-refractivity contribution in [1.82, 2.24) is 19.4 Å². The molecule has 1 aromatic heterocycles. The number of fused-ring (bicyclic) bond motifs is 1. The van der Waals surface area contributed by atoms with Crippen LogP contribution >= 0.6 is 0 Å². The van der Waals surface area contributed by atoms with E-state index < -0.39 is 41.1 Å². The Morgan fingerprint density at radius 1 is 0.921 bits per heavy atom. The normalized spacial score (nSPS) is 19.0. The lowest BCUT2D eigenvalue weighted by Gasteiger charge is -2.35. The molecule has 198 valence electrons. The fourth-order valence-corrected chi connectivity index (χ4v) is 5.62. The zero-order valence-corrected chi connectivity index (χ0v) is 20.9. The van der Waals surface area contributed by atoms with E-state index in [1.54, 1.807) is 29.2 Å². The average Bonchev–Trinajstić information content (AvgIpc) is 3.42. The van der Waals surface area contributed by atoms with Gasteiger partial charge in [-0.05, 0) is 43.4 Å². The summed E-state index contributed by atoms with van der Waals surface area (Å²) in [6, 6.07) is 14.0. The van der Waals surface area contributed by atoms with Crippen molar-refractivity contribution in [2.45, 2.75) is 44.2 Å². The fourth-order valence-electron chi connectivity index (χ4n) is 5.62. The van der Waals surface area contributed by atoms with Crippen molar-refractivity contribution in [1.29, 1.82) is 0 Å². The predicted octanol–water partition coefficient (Wildman–Crippen LogP) is 1.79. The van der Waals surface area contributed by atoms with Gasteiger partial charge in [0.2, 0.25) is 11.8 Å².